The second-order valence-electron chi connectivity index (χ2n) is 5.10. The van der Waals surface area contributed by atoms with Gasteiger partial charge in [-0.15, -0.1) is 0 Å². The fourth-order valence-corrected chi connectivity index (χ4v) is 3.11. The van der Waals surface area contributed by atoms with Crippen LogP contribution in [0.5, 0.6) is 0 Å². The number of nitrogens with zero attached hydrogens (tertiary/aromatic N) is 2. The Morgan fingerprint density at radius 1 is 1.32 bits per heavy atom. The fraction of sp³-hybridized carbons (Fsp3) is 0.400. The number of hydrogen-bond acceptors (Lipinski definition) is 2. The molecule has 1 unspecified atom stereocenters. The molecule has 4 heteroatoms. The van der Waals surface area contributed by atoms with E-state index in [2.05, 4.69) is 49.7 Å². The number of benzene rings is 1. The Bertz CT molecular complexity index is 559. The van der Waals surface area contributed by atoms with Crippen molar-refractivity contribution < 1.29 is 0 Å². The van der Waals surface area contributed by atoms with E-state index in [0.29, 0.717) is 12.5 Å². The Morgan fingerprint density at radius 2 is 2.11 bits per heavy atom. The molecule has 0 fully saturated rings. The standard InChI is InChI=1S/C15H18BrN3/c16-13-4-1-11(2-5-13)12-3-6-14-9-18-15(7-8-17)19(14)10-12/h1-2,4-5,9,12H,3,6-8,10,17H2. The van der Waals surface area contributed by atoms with Crippen LogP contribution >= 0.6 is 15.9 Å². The predicted molar refractivity (Wildman–Crippen MR) is 80.2 cm³/mol. The van der Waals surface area contributed by atoms with Crippen molar-refractivity contribution in [3.63, 3.8) is 0 Å². The minimum Gasteiger partial charge on any atom is -0.331 e. The number of aryl methyl sites for hydroxylation is 1. The van der Waals surface area contributed by atoms with E-state index in [0.717, 1.165) is 29.7 Å². The number of nitrogens with two attached hydrogens (primary N) is 1. The summed E-state index contributed by atoms with van der Waals surface area (Å²) in [7, 11) is 0. The van der Waals surface area contributed by atoms with Gasteiger partial charge < -0.3 is 10.3 Å². The van der Waals surface area contributed by atoms with Crippen LogP contribution in [0, 0.1) is 0 Å². The van der Waals surface area contributed by atoms with Gasteiger partial charge in [-0.3, -0.25) is 0 Å². The molecule has 1 aromatic heterocycles. The average molecular weight is 320 g/mol. The molecule has 2 N–H and O–H groups in total. The van der Waals surface area contributed by atoms with Gasteiger partial charge in [-0.2, -0.15) is 0 Å². The predicted octanol–water partition coefficient (Wildman–Crippen LogP) is 2.88. The normalized spacial score (nSPS) is 18.3. The third kappa shape index (κ3) is 2.60. The molecule has 100 valence electrons. The summed E-state index contributed by atoms with van der Waals surface area (Å²) in [5, 5.41) is 0. The summed E-state index contributed by atoms with van der Waals surface area (Å²) in [6, 6.07) is 8.69. The third-order valence-corrected chi connectivity index (χ3v) is 4.41. The quantitative estimate of drug-likeness (QED) is 0.945. The monoisotopic (exact) mass is 319 g/mol. The zero-order chi connectivity index (χ0) is 13.2. The van der Waals surface area contributed by atoms with Crippen molar-refractivity contribution >= 4 is 15.9 Å². The highest BCUT2D eigenvalue weighted by Crippen LogP contribution is 2.30. The summed E-state index contributed by atoms with van der Waals surface area (Å²) in [5.74, 6) is 1.73. The maximum atomic E-state index is 5.66. The van der Waals surface area contributed by atoms with E-state index in [4.69, 9.17) is 5.73 Å². The van der Waals surface area contributed by atoms with Crippen molar-refractivity contribution in [2.45, 2.75) is 31.7 Å². The molecule has 0 amide bonds. The lowest BCUT2D eigenvalue weighted by Gasteiger charge is -2.26. The van der Waals surface area contributed by atoms with Gasteiger partial charge in [0, 0.05) is 35.2 Å². The lowest BCUT2D eigenvalue weighted by molar-refractivity contribution is 0.451. The minimum atomic E-state index is 0.589. The van der Waals surface area contributed by atoms with Crippen LogP contribution in [-0.2, 0) is 19.4 Å². The van der Waals surface area contributed by atoms with Crippen molar-refractivity contribution in [3.05, 3.63) is 52.0 Å². The molecule has 3 nitrogen and oxygen atoms in total. The number of aromatic nitrogens is 2. The third-order valence-electron chi connectivity index (χ3n) is 3.88. The molecular weight excluding hydrogens is 302 g/mol. The van der Waals surface area contributed by atoms with E-state index < -0.39 is 0 Å². The first-order chi connectivity index (χ1) is 9.28. The molecule has 0 saturated heterocycles. The molecule has 1 aliphatic rings. The highest BCUT2D eigenvalue weighted by molar-refractivity contribution is 9.10. The Balaban J connectivity index is 1.84. The maximum absolute atomic E-state index is 5.66. The van der Waals surface area contributed by atoms with Gasteiger partial charge in [0.2, 0.25) is 0 Å². The molecule has 0 saturated carbocycles. The second kappa shape index (κ2) is 5.47. The van der Waals surface area contributed by atoms with Crippen LogP contribution in [0.15, 0.2) is 34.9 Å². The summed E-state index contributed by atoms with van der Waals surface area (Å²) < 4.78 is 3.50. The van der Waals surface area contributed by atoms with Crippen molar-refractivity contribution in [3.8, 4) is 0 Å². The fourth-order valence-electron chi connectivity index (χ4n) is 2.85. The number of rotatable bonds is 3. The topological polar surface area (TPSA) is 43.8 Å². The van der Waals surface area contributed by atoms with Gasteiger partial charge in [-0.05, 0) is 37.1 Å². The average Bonchev–Trinajstić information content (AvgIpc) is 2.83. The zero-order valence-corrected chi connectivity index (χ0v) is 12.4. The Kier molecular flexibility index (Phi) is 3.71. The largest absolute Gasteiger partial charge is 0.331 e. The molecule has 0 aliphatic carbocycles. The molecule has 2 heterocycles. The summed E-state index contributed by atoms with van der Waals surface area (Å²) >= 11 is 3.49. The highest BCUT2D eigenvalue weighted by Gasteiger charge is 2.22. The molecule has 0 radical (unpaired) electrons. The van der Waals surface area contributed by atoms with E-state index in [1.165, 1.54) is 17.7 Å². The van der Waals surface area contributed by atoms with Crippen molar-refractivity contribution in [1.82, 2.24) is 9.55 Å². The number of halogens is 1. The smallest absolute Gasteiger partial charge is 0.110 e. The number of fused-ring (bicyclic) bond motifs is 1. The molecule has 0 bridgehead atoms. The summed E-state index contributed by atoms with van der Waals surface area (Å²) in [6.45, 7) is 1.70. The Morgan fingerprint density at radius 3 is 2.84 bits per heavy atom. The first-order valence-electron chi connectivity index (χ1n) is 6.76. The number of imidazole rings is 1. The summed E-state index contributed by atoms with van der Waals surface area (Å²) in [6.07, 6.45) is 5.20. The lowest BCUT2D eigenvalue weighted by atomic mass is 9.91. The van der Waals surface area contributed by atoms with Crippen LogP contribution in [0.2, 0.25) is 0 Å². The van der Waals surface area contributed by atoms with Gasteiger partial charge in [-0.1, -0.05) is 28.1 Å². The van der Waals surface area contributed by atoms with E-state index in [-0.39, 0.29) is 0 Å². The molecule has 3 rings (SSSR count). The van der Waals surface area contributed by atoms with Crippen LogP contribution in [-0.4, -0.2) is 16.1 Å². The van der Waals surface area contributed by atoms with Crippen LogP contribution in [0.4, 0.5) is 0 Å². The van der Waals surface area contributed by atoms with E-state index in [1.807, 2.05) is 6.20 Å². The molecule has 19 heavy (non-hydrogen) atoms. The van der Waals surface area contributed by atoms with Gasteiger partial charge in [0.05, 0.1) is 0 Å². The summed E-state index contributed by atoms with van der Waals surface area (Å²) in [5.41, 5.74) is 8.43. The van der Waals surface area contributed by atoms with Crippen molar-refractivity contribution in [2.24, 2.45) is 5.73 Å². The van der Waals surface area contributed by atoms with Gasteiger partial charge in [0.15, 0.2) is 0 Å². The molecule has 0 spiro atoms. The molecule has 1 aromatic carbocycles. The van der Waals surface area contributed by atoms with Crippen LogP contribution in [0.1, 0.15) is 29.4 Å². The van der Waals surface area contributed by atoms with Crippen molar-refractivity contribution in [1.29, 1.82) is 0 Å². The van der Waals surface area contributed by atoms with E-state index in [9.17, 15) is 0 Å². The molecular formula is C15H18BrN3. The Labute approximate surface area is 122 Å². The van der Waals surface area contributed by atoms with Gasteiger partial charge >= 0.3 is 0 Å². The van der Waals surface area contributed by atoms with Gasteiger partial charge in [0.1, 0.15) is 5.82 Å². The lowest BCUT2D eigenvalue weighted by Crippen LogP contribution is -2.21. The van der Waals surface area contributed by atoms with Crippen molar-refractivity contribution in [2.75, 3.05) is 6.54 Å². The Hall–Kier alpha value is -1.13. The minimum absolute atomic E-state index is 0.589. The summed E-state index contributed by atoms with van der Waals surface area (Å²) in [4.78, 5) is 4.51. The SMILES string of the molecule is NCCc1ncc2n1CC(c1ccc(Br)cc1)CC2. The molecule has 2 aromatic rings. The van der Waals surface area contributed by atoms with Crippen LogP contribution in [0.3, 0.4) is 0 Å². The molecule has 1 atom stereocenters. The number of hydrogen-bond donors (Lipinski definition) is 1. The first kappa shape index (κ1) is 12.9. The molecule has 1 aliphatic heterocycles. The zero-order valence-electron chi connectivity index (χ0n) is 10.8. The first-order valence-corrected chi connectivity index (χ1v) is 7.56. The maximum Gasteiger partial charge on any atom is 0.110 e. The van der Waals surface area contributed by atoms with Crippen LogP contribution in [0.25, 0.3) is 0 Å². The highest BCUT2D eigenvalue weighted by atomic mass is 79.9. The van der Waals surface area contributed by atoms with Gasteiger partial charge in [-0.25, -0.2) is 4.98 Å². The van der Waals surface area contributed by atoms with E-state index in [1.54, 1.807) is 0 Å². The van der Waals surface area contributed by atoms with Crippen LogP contribution < -0.4 is 5.73 Å². The van der Waals surface area contributed by atoms with Gasteiger partial charge in [0.25, 0.3) is 0 Å². The van der Waals surface area contributed by atoms with E-state index >= 15 is 0 Å². The second-order valence-corrected chi connectivity index (χ2v) is 6.02.